The number of Topliss-reactive ketones (excluding diaryl/α,β-unsaturated/α-hetero) is 2. The second kappa shape index (κ2) is 18.8. The van der Waals surface area contributed by atoms with Crippen molar-refractivity contribution in [3.63, 3.8) is 0 Å². The Morgan fingerprint density at radius 3 is 1.60 bits per heavy atom. The number of thiazole rings is 2. The quantitative estimate of drug-likeness (QED) is 0.118. The van der Waals surface area contributed by atoms with Gasteiger partial charge in [0, 0.05) is 60.4 Å². The van der Waals surface area contributed by atoms with Gasteiger partial charge in [-0.25, -0.2) is 9.97 Å². The Kier molecular flexibility index (Phi) is 13.8. The number of hydrogen-bond acceptors (Lipinski definition) is 12. The van der Waals surface area contributed by atoms with Gasteiger partial charge in [0.05, 0.1) is 44.0 Å². The highest BCUT2D eigenvalue weighted by molar-refractivity contribution is 7.14. The van der Waals surface area contributed by atoms with E-state index in [-0.39, 0.29) is 22.4 Å². The SMILES string of the molecule is Cc1cc(-c2cnnc(Cl)c2)ccc1CCC(=O)c1cnc(C(C)(C)C)s1.Cc1cc(-c2cnnc(Nc3cnn(C)c3)c2)ccc1CCC(=O)c1cnc(C(C)(C)C)s1. The van der Waals surface area contributed by atoms with Gasteiger partial charge >= 0.3 is 0 Å². The molecule has 11 nitrogen and oxygen atoms in total. The van der Waals surface area contributed by atoms with E-state index in [2.05, 4.69) is 126 Å². The summed E-state index contributed by atoms with van der Waals surface area (Å²) in [4.78, 5) is 35.6. The molecular formula is C46H50ClN9O2S2. The van der Waals surface area contributed by atoms with Crippen LogP contribution in [-0.2, 0) is 30.7 Å². The minimum absolute atomic E-state index is 0.0275. The van der Waals surface area contributed by atoms with Gasteiger partial charge in [-0.15, -0.1) is 32.9 Å². The molecule has 5 heterocycles. The van der Waals surface area contributed by atoms with Crippen molar-refractivity contribution in [2.45, 2.75) is 91.9 Å². The first-order valence-electron chi connectivity index (χ1n) is 19.7. The van der Waals surface area contributed by atoms with Gasteiger partial charge in [-0.1, -0.05) is 89.5 Å². The summed E-state index contributed by atoms with van der Waals surface area (Å²) in [5.74, 6) is 0.958. The van der Waals surface area contributed by atoms with Crippen LogP contribution in [0.2, 0.25) is 5.15 Å². The van der Waals surface area contributed by atoms with Gasteiger partial charge in [0.2, 0.25) is 0 Å². The summed E-state index contributed by atoms with van der Waals surface area (Å²) < 4.78 is 1.73. The van der Waals surface area contributed by atoms with Gasteiger partial charge in [0.15, 0.2) is 22.5 Å². The molecule has 0 fully saturated rings. The fourth-order valence-corrected chi connectivity index (χ4v) is 8.32. The van der Waals surface area contributed by atoms with E-state index < -0.39 is 0 Å². The summed E-state index contributed by atoms with van der Waals surface area (Å²) in [7, 11) is 1.87. The highest BCUT2D eigenvalue weighted by Gasteiger charge is 2.22. The Bertz CT molecular complexity index is 2620. The number of hydrogen-bond donors (Lipinski definition) is 1. The number of aromatic nitrogens is 8. The maximum atomic E-state index is 12.7. The number of carbonyl (C=O) groups is 2. The lowest BCUT2D eigenvalue weighted by Gasteiger charge is -2.13. The minimum Gasteiger partial charge on any atom is -0.336 e. The van der Waals surface area contributed by atoms with E-state index in [4.69, 9.17) is 11.6 Å². The molecule has 0 saturated heterocycles. The molecule has 1 N–H and O–H groups in total. The van der Waals surface area contributed by atoms with Crippen molar-refractivity contribution < 1.29 is 9.59 Å². The molecule has 7 rings (SSSR count). The average Bonchev–Trinajstić information content (AvgIpc) is 3.99. The average molecular weight is 861 g/mol. The van der Waals surface area contributed by atoms with Crippen LogP contribution >= 0.6 is 34.3 Å². The molecule has 0 saturated carbocycles. The Labute approximate surface area is 364 Å². The van der Waals surface area contributed by atoms with Gasteiger partial charge in [-0.3, -0.25) is 14.3 Å². The number of benzene rings is 2. The van der Waals surface area contributed by atoms with Gasteiger partial charge < -0.3 is 5.32 Å². The smallest absolute Gasteiger partial charge is 0.174 e. The number of nitrogens with zero attached hydrogens (tertiary/aromatic N) is 8. The number of nitrogens with one attached hydrogen (secondary N) is 1. The molecular weight excluding hydrogens is 810 g/mol. The van der Waals surface area contributed by atoms with Crippen molar-refractivity contribution in [2.24, 2.45) is 7.05 Å². The minimum atomic E-state index is -0.0369. The Morgan fingerprint density at radius 1 is 0.667 bits per heavy atom. The Morgan fingerprint density at radius 2 is 1.17 bits per heavy atom. The summed E-state index contributed by atoms with van der Waals surface area (Å²) in [5.41, 5.74) is 9.43. The maximum Gasteiger partial charge on any atom is 0.174 e. The topological polar surface area (TPSA) is 141 Å². The third-order valence-electron chi connectivity index (χ3n) is 9.70. The molecule has 0 spiro atoms. The normalized spacial score (nSPS) is 11.6. The maximum absolute atomic E-state index is 12.7. The standard InChI is InChI=1S/C25H28N6OS.C21H22ClN3OS/c1-16-10-18(19-11-23(30-27-12-19)29-20-13-28-31(5)15-20)7-6-17(16)8-9-21(32)22-14-26-24(33-22)25(2,3)4;1-13-9-15(16-10-19(22)25-24-11-16)6-5-14(13)7-8-17(26)18-12-23-20(27-18)21(2,3)4/h6-7,10-15H,8-9H2,1-5H3,(H,29,30);5-6,9-12H,7-8H2,1-4H3. The molecule has 14 heteroatoms. The number of ketones is 2. The zero-order valence-electron chi connectivity index (χ0n) is 35.5. The fraction of sp³-hybridized carbons (Fsp3) is 0.326. The van der Waals surface area contributed by atoms with E-state index in [0.717, 1.165) is 58.8 Å². The molecule has 7 aromatic rings. The van der Waals surface area contributed by atoms with E-state index in [1.165, 1.54) is 33.8 Å². The second-order valence-electron chi connectivity index (χ2n) is 16.8. The van der Waals surface area contributed by atoms with Crippen molar-refractivity contribution in [1.82, 2.24) is 40.1 Å². The van der Waals surface area contributed by atoms with E-state index in [1.54, 1.807) is 41.7 Å². The predicted octanol–water partition coefficient (Wildman–Crippen LogP) is 11.2. The fourth-order valence-electron chi connectivity index (χ4n) is 6.27. The first kappa shape index (κ1) is 44.1. The molecule has 310 valence electrons. The molecule has 0 radical (unpaired) electrons. The molecule has 0 aliphatic carbocycles. The molecule has 0 bridgehead atoms. The highest BCUT2D eigenvalue weighted by atomic mass is 35.5. The molecule has 60 heavy (non-hydrogen) atoms. The van der Waals surface area contributed by atoms with Crippen LogP contribution in [0.3, 0.4) is 0 Å². The Balaban J connectivity index is 0.000000205. The number of aryl methyl sites for hydroxylation is 5. The third-order valence-corrected chi connectivity index (χ3v) is 12.8. The second-order valence-corrected chi connectivity index (χ2v) is 19.3. The molecule has 5 aromatic heterocycles. The lowest BCUT2D eigenvalue weighted by atomic mass is 9.97. The first-order valence-corrected chi connectivity index (χ1v) is 21.7. The van der Waals surface area contributed by atoms with Crippen molar-refractivity contribution in [3.8, 4) is 22.3 Å². The lowest BCUT2D eigenvalue weighted by Crippen LogP contribution is -2.09. The lowest BCUT2D eigenvalue weighted by molar-refractivity contribution is 0.0978. The van der Waals surface area contributed by atoms with Crippen LogP contribution in [0.25, 0.3) is 22.3 Å². The van der Waals surface area contributed by atoms with Crippen LogP contribution in [0.4, 0.5) is 11.5 Å². The van der Waals surface area contributed by atoms with Crippen LogP contribution in [0, 0.1) is 13.8 Å². The van der Waals surface area contributed by atoms with Crippen LogP contribution in [0.15, 0.2) is 85.7 Å². The van der Waals surface area contributed by atoms with Crippen LogP contribution in [0.5, 0.6) is 0 Å². The van der Waals surface area contributed by atoms with Gasteiger partial charge in [0.1, 0.15) is 0 Å². The number of halogens is 1. The summed E-state index contributed by atoms with van der Waals surface area (Å²) in [6.45, 7) is 16.8. The molecule has 0 aliphatic rings. The van der Waals surface area contributed by atoms with Crippen molar-refractivity contribution in [3.05, 3.63) is 133 Å². The van der Waals surface area contributed by atoms with E-state index in [9.17, 15) is 9.59 Å². The summed E-state index contributed by atoms with van der Waals surface area (Å²) in [6, 6.07) is 16.3. The Hall–Kier alpha value is -5.50. The van der Waals surface area contributed by atoms with E-state index in [0.29, 0.717) is 36.7 Å². The van der Waals surface area contributed by atoms with Gasteiger partial charge in [-0.2, -0.15) is 15.3 Å². The predicted molar refractivity (Wildman–Crippen MR) is 243 cm³/mol. The van der Waals surface area contributed by atoms with Gasteiger partial charge in [0.25, 0.3) is 0 Å². The summed E-state index contributed by atoms with van der Waals surface area (Å²) in [6.07, 6.45) is 12.9. The number of anilines is 2. The molecule has 0 aliphatic heterocycles. The monoisotopic (exact) mass is 859 g/mol. The molecule has 0 amide bonds. The van der Waals surface area contributed by atoms with Crippen LogP contribution in [0.1, 0.15) is 106 Å². The zero-order valence-corrected chi connectivity index (χ0v) is 37.9. The molecule has 0 atom stereocenters. The first-order chi connectivity index (χ1) is 28.4. The van der Waals surface area contributed by atoms with Gasteiger partial charge in [-0.05, 0) is 72.2 Å². The van der Waals surface area contributed by atoms with Crippen LogP contribution in [-0.4, -0.2) is 51.7 Å². The zero-order chi connectivity index (χ0) is 43.2. The summed E-state index contributed by atoms with van der Waals surface area (Å²) >= 11 is 8.93. The van der Waals surface area contributed by atoms with Crippen molar-refractivity contribution >= 4 is 57.3 Å². The van der Waals surface area contributed by atoms with Crippen molar-refractivity contribution in [1.29, 1.82) is 0 Å². The molecule has 2 aromatic carbocycles. The number of rotatable bonds is 12. The largest absolute Gasteiger partial charge is 0.336 e. The third kappa shape index (κ3) is 11.6. The van der Waals surface area contributed by atoms with E-state index in [1.807, 2.05) is 25.4 Å². The molecule has 0 unspecified atom stereocenters. The van der Waals surface area contributed by atoms with E-state index >= 15 is 0 Å². The highest BCUT2D eigenvalue weighted by Crippen LogP contribution is 2.30. The summed E-state index contributed by atoms with van der Waals surface area (Å²) in [5, 5.41) is 25.7. The van der Waals surface area contributed by atoms with Crippen molar-refractivity contribution in [2.75, 3.05) is 5.32 Å². The van der Waals surface area contributed by atoms with Crippen LogP contribution < -0.4 is 5.32 Å². The number of carbonyl (C=O) groups excluding carboxylic acids is 2.